The zero-order valence-corrected chi connectivity index (χ0v) is 7.88. The van der Waals surface area contributed by atoms with Crippen molar-refractivity contribution in [3.63, 3.8) is 0 Å². The predicted octanol–water partition coefficient (Wildman–Crippen LogP) is 2.44. The van der Waals surface area contributed by atoms with Crippen LogP contribution in [0.3, 0.4) is 0 Å². The molecule has 1 heteroatoms. The van der Waals surface area contributed by atoms with Gasteiger partial charge in [0.2, 0.25) is 0 Å². The fourth-order valence-electron chi connectivity index (χ4n) is 1.87. The third kappa shape index (κ3) is 2.48. The van der Waals surface area contributed by atoms with E-state index in [1.165, 1.54) is 12.8 Å². The van der Waals surface area contributed by atoms with Crippen LogP contribution in [-0.2, 0) is 0 Å². The summed E-state index contributed by atoms with van der Waals surface area (Å²) in [5.74, 6) is 2.12. The second kappa shape index (κ2) is 3.57. The average molecular weight is 156 g/mol. The van der Waals surface area contributed by atoms with E-state index in [4.69, 9.17) is 0 Å². The fraction of sp³-hybridized carbons (Fsp3) is 1.00. The maximum absolute atomic E-state index is 9.66. The molecule has 0 bridgehead atoms. The second-order valence-electron chi connectivity index (χ2n) is 4.26. The van der Waals surface area contributed by atoms with Crippen LogP contribution >= 0.6 is 0 Å². The molecule has 0 aromatic carbocycles. The Hall–Kier alpha value is -0.0400. The zero-order valence-electron chi connectivity index (χ0n) is 7.88. The van der Waals surface area contributed by atoms with Gasteiger partial charge in [0.15, 0.2) is 0 Å². The van der Waals surface area contributed by atoms with Crippen LogP contribution in [0, 0.1) is 17.8 Å². The molecule has 1 N–H and O–H groups in total. The van der Waals surface area contributed by atoms with Crippen molar-refractivity contribution in [3.8, 4) is 0 Å². The minimum atomic E-state index is -0.0139. The highest BCUT2D eigenvalue weighted by atomic mass is 16.3. The Balaban J connectivity index is 2.17. The van der Waals surface area contributed by atoms with Crippen molar-refractivity contribution in [1.82, 2.24) is 0 Å². The zero-order chi connectivity index (χ0) is 8.43. The summed E-state index contributed by atoms with van der Waals surface area (Å²) in [7, 11) is 0. The van der Waals surface area contributed by atoms with Gasteiger partial charge in [0, 0.05) is 0 Å². The highest BCUT2D eigenvalue weighted by Gasteiger charge is 2.40. The Bertz CT molecular complexity index is 120. The maximum atomic E-state index is 9.66. The van der Waals surface area contributed by atoms with Crippen molar-refractivity contribution in [1.29, 1.82) is 0 Å². The van der Waals surface area contributed by atoms with E-state index in [1.54, 1.807) is 0 Å². The first-order valence-electron chi connectivity index (χ1n) is 4.83. The Labute approximate surface area is 69.8 Å². The summed E-state index contributed by atoms with van der Waals surface area (Å²) in [6.07, 6.45) is 3.49. The molecule has 66 valence electrons. The third-order valence-corrected chi connectivity index (χ3v) is 2.71. The molecule has 3 atom stereocenters. The largest absolute Gasteiger partial charge is 0.393 e. The van der Waals surface area contributed by atoms with Crippen LogP contribution in [0.4, 0.5) is 0 Å². The number of hydrogen-bond donors (Lipinski definition) is 1. The second-order valence-corrected chi connectivity index (χ2v) is 4.26. The van der Waals surface area contributed by atoms with Gasteiger partial charge in [-0.3, -0.25) is 0 Å². The molecule has 1 rings (SSSR count). The lowest BCUT2D eigenvalue weighted by molar-refractivity contribution is 0.120. The molecule has 11 heavy (non-hydrogen) atoms. The van der Waals surface area contributed by atoms with Crippen molar-refractivity contribution in [3.05, 3.63) is 0 Å². The molecular formula is C10H20O. The van der Waals surface area contributed by atoms with E-state index in [0.29, 0.717) is 11.8 Å². The lowest BCUT2D eigenvalue weighted by Gasteiger charge is -2.11. The van der Waals surface area contributed by atoms with Crippen LogP contribution < -0.4 is 0 Å². The van der Waals surface area contributed by atoms with Crippen molar-refractivity contribution >= 4 is 0 Å². The molecule has 0 heterocycles. The minimum Gasteiger partial charge on any atom is -0.393 e. The quantitative estimate of drug-likeness (QED) is 0.663. The summed E-state index contributed by atoms with van der Waals surface area (Å²) >= 11 is 0. The first kappa shape index (κ1) is 9.05. The summed E-state index contributed by atoms with van der Waals surface area (Å²) in [6.45, 7) is 6.56. The van der Waals surface area contributed by atoms with E-state index >= 15 is 0 Å². The lowest BCUT2D eigenvalue weighted by atomic mass is 10.0. The van der Waals surface area contributed by atoms with E-state index in [9.17, 15) is 5.11 Å². The molecule has 0 aromatic heterocycles. The van der Waals surface area contributed by atoms with E-state index in [-0.39, 0.29) is 6.10 Å². The summed E-state index contributed by atoms with van der Waals surface area (Å²) < 4.78 is 0. The maximum Gasteiger partial charge on any atom is 0.0573 e. The van der Waals surface area contributed by atoms with Crippen molar-refractivity contribution in [2.45, 2.75) is 46.1 Å². The van der Waals surface area contributed by atoms with E-state index in [2.05, 4.69) is 20.8 Å². The molecule has 0 spiro atoms. The SMILES string of the molecule is CCC1CC1C(O)CC(C)C. The van der Waals surface area contributed by atoms with Crippen LogP contribution in [0.15, 0.2) is 0 Å². The highest BCUT2D eigenvalue weighted by Crippen LogP contribution is 2.44. The van der Waals surface area contributed by atoms with Gasteiger partial charge in [0.1, 0.15) is 0 Å². The van der Waals surface area contributed by atoms with E-state index < -0.39 is 0 Å². The molecule has 0 saturated heterocycles. The first-order chi connectivity index (χ1) is 5.15. The Morgan fingerprint density at radius 1 is 1.45 bits per heavy atom. The molecule has 0 amide bonds. The third-order valence-electron chi connectivity index (χ3n) is 2.71. The lowest BCUT2D eigenvalue weighted by Crippen LogP contribution is -2.13. The molecule has 1 nitrogen and oxygen atoms in total. The van der Waals surface area contributed by atoms with E-state index in [0.717, 1.165) is 12.3 Å². The summed E-state index contributed by atoms with van der Waals surface area (Å²) in [5.41, 5.74) is 0. The predicted molar refractivity (Wildman–Crippen MR) is 47.3 cm³/mol. The van der Waals surface area contributed by atoms with Gasteiger partial charge in [-0.25, -0.2) is 0 Å². The smallest absolute Gasteiger partial charge is 0.0573 e. The monoisotopic (exact) mass is 156 g/mol. The van der Waals surface area contributed by atoms with Gasteiger partial charge >= 0.3 is 0 Å². The molecule has 0 aliphatic heterocycles. The molecule has 1 saturated carbocycles. The molecule has 0 aromatic rings. The molecule has 1 aliphatic carbocycles. The number of rotatable bonds is 4. The van der Waals surface area contributed by atoms with Gasteiger partial charge in [-0.1, -0.05) is 27.2 Å². The molecule has 1 aliphatic rings. The van der Waals surface area contributed by atoms with Gasteiger partial charge < -0.3 is 5.11 Å². The van der Waals surface area contributed by atoms with Gasteiger partial charge in [-0.05, 0) is 30.6 Å². The summed E-state index contributed by atoms with van der Waals surface area (Å²) in [5, 5.41) is 9.66. The fourth-order valence-corrected chi connectivity index (χ4v) is 1.87. The standard InChI is InChI=1S/C10H20O/c1-4-8-6-9(8)10(11)5-7(2)3/h7-11H,4-6H2,1-3H3. The van der Waals surface area contributed by atoms with Crippen molar-refractivity contribution in [2.24, 2.45) is 17.8 Å². The van der Waals surface area contributed by atoms with Crippen LogP contribution in [0.1, 0.15) is 40.0 Å². The average Bonchev–Trinajstić information content (AvgIpc) is 2.63. The highest BCUT2D eigenvalue weighted by molar-refractivity contribution is 4.90. The topological polar surface area (TPSA) is 20.2 Å². The van der Waals surface area contributed by atoms with Crippen molar-refractivity contribution in [2.75, 3.05) is 0 Å². The van der Waals surface area contributed by atoms with Crippen LogP contribution in [0.25, 0.3) is 0 Å². The molecule has 1 fully saturated rings. The van der Waals surface area contributed by atoms with Gasteiger partial charge in [0.25, 0.3) is 0 Å². The molecular weight excluding hydrogens is 136 g/mol. The molecule has 0 radical (unpaired) electrons. The number of hydrogen-bond acceptors (Lipinski definition) is 1. The minimum absolute atomic E-state index is 0.0139. The Morgan fingerprint density at radius 2 is 2.09 bits per heavy atom. The Morgan fingerprint density at radius 3 is 2.45 bits per heavy atom. The van der Waals surface area contributed by atoms with Crippen molar-refractivity contribution < 1.29 is 5.11 Å². The van der Waals surface area contributed by atoms with Crippen LogP contribution in [0.2, 0.25) is 0 Å². The van der Waals surface area contributed by atoms with Crippen LogP contribution in [-0.4, -0.2) is 11.2 Å². The first-order valence-corrected chi connectivity index (χ1v) is 4.83. The van der Waals surface area contributed by atoms with Gasteiger partial charge in [-0.15, -0.1) is 0 Å². The van der Waals surface area contributed by atoms with Gasteiger partial charge in [-0.2, -0.15) is 0 Å². The van der Waals surface area contributed by atoms with E-state index in [1.807, 2.05) is 0 Å². The Kier molecular flexibility index (Phi) is 2.94. The summed E-state index contributed by atoms with van der Waals surface area (Å²) in [4.78, 5) is 0. The number of aliphatic hydroxyl groups is 1. The van der Waals surface area contributed by atoms with Crippen LogP contribution in [0.5, 0.6) is 0 Å². The summed E-state index contributed by atoms with van der Waals surface area (Å²) in [6, 6.07) is 0. The van der Waals surface area contributed by atoms with Gasteiger partial charge in [0.05, 0.1) is 6.10 Å². The molecule has 3 unspecified atom stereocenters. The normalized spacial score (nSPS) is 32.5. The number of aliphatic hydroxyl groups excluding tert-OH is 1.